The molecule has 0 spiro atoms. The predicted octanol–water partition coefficient (Wildman–Crippen LogP) is 3.05. The van der Waals surface area contributed by atoms with Crippen LogP contribution in [0.3, 0.4) is 0 Å². The van der Waals surface area contributed by atoms with E-state index in [0.29, 0.717) is 16.5 Å². The van der Waals surface area contributed by atoms with Gasteiger partial charge >= 0.3 is 0 Å². The highest BCUT2D eigenvalue weighted by atomic mass is 35.7. The molecule has 2 rings (SSSR count). The Balaban J connectivity index is 2.60. The summed E-state index contributed by atoms with van der Waals surface area (Å²) in [7, 11) is 3.15. The highest BCUT2D eigenvalue weighted by Crippen LogP contribution is 2.36. The molecule has 18 heavy (non-hydrogen) atoms. The number of benzene rings is 1. The zero-order valence-electron chi connectivity index (χ0n) is 9.68. The molecular formula is C11H10ClNO3S2. The van der Waals surface area contributed by atoms with E-state index in [-0.39, 0.29) is 4.21 Å². The fourth-order valence-electron chi connectivity index (χ4n) is 1.55. The molecule has 1 aromatic carbocycles. The largest absolute Gasteiger partial charge is 0.496 e. The molecule has 0 aliphatic carbocycles. The number of halogens is 1. The van der Waals surface area contributed by atoms with E-state index in [4.69, 9.17) is 15.4 Å². The van der Waals surface area contributed by atoms with Gasteiger partial charge in [-0.25, -0.2) is 13.4 Å². The molecule has 4 nitrogen and oxygen atoms in total. The lowest BCUT2D eigenvalue weighted by Crippen LogP contribution is -1.88. The predicted molar refractivity (Wildman–Crippen MR) is 71.9 cm³/mol. The van der Waals surface area contributed by atoms with E-state index < -0.39 is 9.05 Å². The lowest BCUT2D eigenvalue weighted by molar-refractivity contribution is 0.416. The molecule has 0 amide bonds. The Morgan fingerprint density at radius 1 is 1.33 bits per heavy atom. The number of aryl methyl sites for hydroxylation is 1. The molecule has 0 radical (unpaired) electrons. The van der Waals surface area contributed by atoms with E-state index in [2.05, 4.69) is 4.98 Å². The van der Waals surface area contributed by atoms with Crippen molar-refractivity contribution < 1.29 is 13.2 Å². The normalized spacial score (nSPS) is 11.5. The maximum atomic E-state index is 11.4. The van der Waals surface area contributed by atoms with Crippen molar-refractivity contribution in [1.82, 2.24) is 4.98 Å². The smallest absolute Gasteiger partial charge is 0.272 e. The number of hydrogen-bond acceptors (Lipinski definition) is 5. The molecule has 0 atom stereocenters. The quantitative estimate of drug-likeness (QED) is 0.818. The third-order valence-electron chi connectivity index (χ3n) is 2.31. The van der Waals surface area contributed by atoms with Crippen LogP contribution >= 0.6 is 22.0 Å². The van der Waals surface area contributed by atoms with E-state index in [9.17, 15) is 8.42 Å². The summed E-state index contributed by atoms with van der Waals surface area (Å²) in [6.45, 7) is 1.62. The summed E-state index contributed by atoms with van der Waals surface area (Å²) < 4.78 is 28.0. The molecule has 0 aliphatic rings. The summed E-state index contributed by atoms with van der Waals surface area (Å²) >= 11 is 1.04. The first-order chi connectivity index (χ1) is 8.43. The average Bonchev–Trinajstić information content (AvgIpc) is 2.71. The summed E-state index contributed by atoms with van der Waals surface area (Å²) in [5.41, 5.74) is 1.15. The summed E-state index contributed by atoms with van der Waals surface area (Å²) in [4.78, 5) is 4.23. The lowest BCUT2D eigenvalue weighted by atomic mass is 10.2. The van der Waals surface area contributed by atoms with Gasteiger partial charge in [-0.1, -0.05) is 12.1 Å². The SMILES string of the molecule is COc1ccccc1-c1nc(C)c(S(=O)(=O)Cl)s1. The zero-order valence-corrected chi connectivity index (χ0v) is 12.1. The standard InChI is InChI=1S/C11H10ClNO3S2/c1-7-11(18(12,14)15)17-10(13-7)8-5-3-4-6-9(8)16-2/h3-6H,1-2H3. The van der Waals surface area contributed by atoms with Crippen LogP contribution in [0.15, 0.2) is 28.5 Å². The Morgan fingerprint density at radius 3 is 2.56 bits per heavy atom. The molecule has 1 heterocycles. The Morgan fingerprint density at radius 2 is 2.00 bits per heavy atom. The van der Waals surface area contributed by atoms with Crippen LogP contribution in [0.1, 0.15) is 5.69 Å². The molecule has 96 valence electrons. The van der Waals surface area contributed by atoms with Gasteiger partial charge in [0.1, 0.15) is 10.8 Å². The lowest BCUT2D eigenvalue weighted by Gasteiger charge is -2.04. The van der Waals surface area contributed by atoms with Crippen LogP contribution < -0.4 is 4.74 Å². The molecule has 0 fully saturated rings. The molecule has 0 aliphatic heterocycles. The van der Waals surface area contributed by atoms with E-state index in [1.165, 1.54) is 0 Å². The van der Waals surface area contributed by atoms with Crippen molar-refractivity contribution in [2.45, 2.75) is 11.1 Å². The molecule has 0 saturated carbocycles. The van der Waals surface area contributed by atoms with Gasteiger partial charge in [-0.2, -0.15) is 0 Å². The molecule has 0 N–H and O–H groups in total. The van der Waals surface area contributed by atoms with Crippen molar-refractivity contribution in [3.8, 4) is 16.3 Å². The van der Waals surface area contributed by atoms with E-state index >= 15 is 0 Å². The Kier molecular flexibility index (Phi) is 3.61. The first-order valence-electron chi connectivity index (χ1n) is 4.99. The number of hydrogen-bond donors (Lipinski definition) is 0. The molecule has 1 aromatic heterocycles. The average molecular weight is 304 g/mol. The van der Waals surface area contributed by atoms with Crippen LogP contribution in [-0.2, 0) is 9.05 Å². The Labute approximate surface area is 114 Å². The van der Waals surface area contributed by atoms with Crippen LogP contribution in [0.2, 0.25) is 0 Å². The van der Waals surface area contributed by atoms with E-state index in [0.717, 1.165) is 16.9 Å². The molecular weight excluding hydrogens is 294 g/mol. The van der Waals surface area contributed by atoms with Gasteiger partial charge in [0, 0.05) is 10.7 Å². The summed E-state index contributed by atoms with van der Waals surface area (Å²) in [5, 5.41) is 0.573. The van der Waals surface area contributed by atoms with Crippen molar-refractivity contribution >= 4 is 31.1 Å². The van der Waals surface area contributed by atoms with Gasteiger partial charge < -0.3 is 4.74 Å². The monoisotopic (exact) mass is 303 g/mol. The fraction of sp³-hybridized carbons (Fsp3) is 0.182. The minimum Gasteiger partial charge on any atom is -0.496 e. The second kappa shape index (κ2) is 4.87. The third kappa shape index (κ3) is 2.50. The van der Waals surface area contributed by atoms with Crippen LogP contribution in [0.25, 0.3) is 10.6 Å². The molecule has 7 heteroatoms. The highest BCUT2D eigenvalue weighted by Gasteiger charge is 2.21. The van der Waals surface area contributed by atoms with E-state index in [1.807, 2.05) is 18.2 Å². The number of ether oxygens (including phenoxy) is 1. The summed E-state index contributed by atoms with van der Waals surface area (Å²) in [6.07, 6.45) is 0. The Bertz CT molecular complexity index is 679. The van der Waals surface area contributed by atoms with Gasteiger partial charge in [-0.15, -0.1) is 11.3 Å². The fourth-order valence-corrected chi connectivity index (χ4v) is 4.03. The zero-order chi connectivity index (χ0) is 13.3. The molecule has 2 aromatic rings. The number of aromatic nitrogens is 1. The first-order valence-corrected chi connectivity index (χ1v) is 8.11. The molecule has 0 saturated heterocycles. The highest BCUT2D eigenvalue weighted by molar-refractivity contribution is 8.15. The van der Waals surface area contributed by atoms with E-state index in [1.54, 1.807) is 20.1 Å². The van der Waals surface area contributed by atoms with Gasteiger partial charge in [-0.05, 0) is 19.1 Å². The number of rotatable bonds is 3. The number of thiazole rings is 1. The number of nitrogens with zero attached hydrogens (tertiary/aromatic N) is 1. The maximum Gasteiger partial charge on any atom is 0.272 e. The van der Waals surface area contributed by atoms with Crippen molar-refractivity contribution in [2.24, 2.45) is 0 Å². The topological polar surface area (TPSA) is 56.3 Å². The van der Waals surface area contributed by atoms with Gasteiger partial charge in [0.15, 0.2) is 4.21 Å². The van der Waals surface area contributed by atoms with Crippen molar-refractivity contribution in [2.75, 3.05) is 7.11 Å². The van der Waals surface area contributed by atoms with Crippen LogP contribution in [0.4, 0.5) is 0 Å². The second-order valence-electron chi connectivity index (χ2n) is 3.53. The van der Waals surface area contributed by atoms with Crippen molar-refractivity contribution in [1.29, 1.82) is 0 Å². The van der Waals surface area contributed by atoms with Gasteiger partial charge in [-0.3, -0.25) is 0 Å². The second-order valence-corrected chi connectivity index (χ2v) is 7.29. The number of para-hydroxylation sites is 1. The van der Waals surface area contributed by atoms with Crippen LogP contribution in [0, 0.1) is 6.92 Å². The van der Waals surface area contributed by atoms with Crippen LogP contribution in [0.5, 0.6) is 5.75 Å². The summed E-state index contributed by atoms with van der Waals surface area (Å²) in [5.74, 6) is 0.643. The van der Waals surface area contributed by atoms with Gasteiger partial charge in [0.25, 0.3) is 9.05 Å². The van der Waals surface area contributed by atoms with Crippen molar-refractivity contribution in [3.63, 3.8) is 0 Å². The molecule has 0 unspecified atom stereocenters. The maximum absolute atomic E-state index is 11.4. The van der Waals surface area contributed by atoms with Gasteiger partial charge in [0.2, 0.25) is 0 Å². The number of methoxy groups -OCH3 is 1. The molecule has 0 bridgehead atoms. The van der Waals surface area contributed by atoms with Gasteiger partial charge in [0.05, 0.1) is 18.4 Å². The van der Waals surface area contributed by atoms with Crippen molar-refractivity contribution in [3.05, 3.63) is 30.0 Å². The third-order valence-corrected chi connectivity index (χ3v) is 5.68. The minimum absolute atomic E-state index is 0.0741. The Hall–Kier alpha value is -1.11. The first kappa shape index (κ1) is 13.3. The minimum atomic E-state index is -3.75. The van der Waals surface area contributed by atoms with Crippen LogP contribution in [-0.4, -0.2) is 20.5 Å². The summed E-state index contributed by atoms with van der Waals surface area (Å²) in [6, 6.07) is 7.29.